The molecule has 0 saturated carbocycles. The predicted octanol–water partition coefficient (Wildman–Crippen LogP) is -0.944. The molecule has 0 spiro atoms. The number of hydrogen-bond donors (Lipinski definition) is 3. The third-order valence-electron chi connectivity index (χ3n) is 1.52. The molecule has 0 aromatic heterocycles. The van der Waals surface area contributed by atoms with Crippen molar-refractivity contribution in [1.82, 2.24) is 5.32 Å². The molecule has 0 fully saturated rings. The van der Waals surface area contributed by atoms with Crippen LogP contribution in [0.25, 0.3) is 0 Å². The summed E-state index contributed by atoms with van der Waals surface area (Å²) in [5.41, 5.74) is 0. The molecule has 0 aromatic carbocycles. The summed E-state index contributed by atoms with van der Waals surface area (Å²) in [4.78, 5) is 10.5. The van der Waals surface area contributed by atoms with Gasteiger partial charge in [0, 0.05) is 0 Å². The molecule has 0 aliphatic heterocycles. The largest absolute Gasteiger partial charge is 0.480 e. The Bertz CT molecular complexity index is 139. The van der Waals surface area contributed by atoms with Gasteiger partial charge in [-0.15, -0.1) is 0 Å². The van der Waals surface area contributed by atoms with E-state index in [4.69, 9.17) is 14.9 Å². The van der Waals surface area contributed by atoms with Crippen LogP contribution < -0.4 is 5.32 Å². The Kier molecular flexibility index (Phi) is 5.61. The van der Waals surface area contributed by atoms with E-state index in [-0.39, 0.29) is 13.2 Å². The highest BCUT2D eigenvalue weighted by molar-refractivity contribution is 5.74. The van der Waals surface area contributed by atoms with Gasteiger partial charge in [0.1, 0.15) is 6.04 Å². The van der Waals surface area contributed by atoms with Crippen molar-refractivity contribution in [2.75, 3.05) is 20.3 Å². The molecule has 5 nitrogen and oxygen atoms in total. The van der Waals surface area contributed by atoms with Crippen LogP contribution in [0.15, 0.2) is 0 Å². The van der Waals surface area contributed by atoms with Crippen molar-refractivity contribution < 1.29 is 19.7 Å². The summed E-state index contributed by atoms with van der Waals surface area (Å²) in [5, 5.41) is 19.7. The van der Waals surface area contributed by atoms with Crippen molar-refractivity contribution in [3.8, 4) is 0 Å². The van der Waals surface area contributed by atoms with E-state index < -0.39 is 18.1 Å². The molecule has 0 amide bonds. The van der Waals surface area contributed by atoms with Gasteiger partial charge in [-0.2, -0.15) is 0 Å². The Labute approximate surface area is 71.3 Å². The van der Waals surface area contributed by atoms with E-state index in [1.807, 2.05) is 0 Å². The van der Waals surface area contributed by atoms with E-state index in [1.165, 1.54) is 0 Å². The second-order valence-electron chi connectivity index (χ2n) is 2.40. The van der Waals surface area contributed by atoms with E-state index >= 15 is 0 Å². The van der Waals surface area contributed by atoms with Gasteiger partial charge >= 0.3 is 5.97 Å². The minimum atomic E-state index is -0.956. The van der Waals surface area contributed by atoms with Gasteiger partial charge < -0.3 is 20.3 Å². The lowest BCUT2D eigenvalue weighted by atomic mass is 10.2. The lowest BCUT2D eigenvalue weighted by Crippen LogP contribution is -2.44. The van der Waals surface area contributed by atoms with Crippen molar-refractivity contribution in [3.05, 3.63) is 0 Å². The zero-order valence-electron chi connectivity index (χ0n) is 7.28. The third kappa shape index (κ3) is 3.66. The molecule has 0 bridgehead atoms. The Balaban J connectivity index is 3.85. The molecular formula is C7H15NO4. The molecular weight excluding hydrogens is 162 g/mol. The van der Waals surface area contributed by atoms with E-state index in [2.05, 4.69) is 5.32 Å². The van der Waals surface area contributed by atoms with Crippen LogP contribution in [0.3, 0.4) is 0 Å². The third-order valence-corrected chi connectivity index (χ3v) is 1.52. The number of carboxylic acid groups (broad SMARTS) is 1. The maximum Gasteiger partial charge on any atom is 0.323 e. The van der Waals surface area contributed by atoms with Crippen LogP contribution >= 0.6 is 0 Å². The molecule has 0 saturated heterocycles. The van der Waals surface area contributed by atoms with Crippen molar-refractivity contribution in [2.24, 2.45) is 0 Å². The van der Waals surface area contributed by atoms with Crippen LogP contribution in [0, 0.1) is 0 Å². The zero-order valence-corrected chi connectivity index (χ0v) is 7.28. The first-order chi connectivity index (χ1) is 5.63. The van der Waals surface area contributed by atoms with Gasteiger partial charge in [-0.1, -0.05) is 0 Å². The first-order valence-corrected chi connectivity index (χ1v) is 3.76. The van der Waals surface area contributed by atoms with Gasteiger partial charge in [0.05, 0.1) is 19.3 Å². The highest BCUT2D eigenvalue weighted by Crippen LogP contribution is 1.98. The smallest absolute Gasteiger partial charge is 0.323 e. The number of carbonyl (C=O) groups is 1. The fourth-order valence-corrected chi connectivity index (χ4v) is 0.894. The van der Waals surface area contributed by atoms with Gasteiger partial charge in [0.15, 0.2) is 0 Å². The molecule has 0 rings (SSSR count). The molecule has 0 aliphatic carbocycles. The number of nitrogens with one attached hydrogen (secondary N) is 1. The second kappa shape index (κ2) is 5.93. The van der Waals surface area contributed by atoms with Crippen molar-refractivity contribution in [2.45, 2.75) is 19.1 Å². The normalized spacial score (nSPS) is 15.6. The van der Waals surface area contributed by atoms with Gasteiger partial charge in [0.25, 0.3) is 0 Å². The second-order valence-corrected chi connectivity index (χ2v) is 2.40. The number of aliphatic hydroxyl groups excluding tert-OH is 1. The fourth-order valence-electron chi connectivity index (χ4n) is 0.894. The Hall–Kier alpha value is -0.650. The zero-order chi connectivity index (χ0) is 9.56. The monoisotopic (exact) mass is 177 g/mol. The van der Waals surface area contributed by atoms with Gasteiger partial charge in [-0.25, -0.2) is 0 Å². The van der Waals surface area contributed by atoms with Crippen LogP contribution in [0.2, 0.25) is 0 Å². The van der Waals surface area contributed by atoms with E-state index in [1.54, 1.807) is 14.0 Å². The average Bonchev–Trinajstić information content (AvgIpc) is 2.01. The van der Waals surface area contributed by atoms with E-state index in [0.29, 0.717) is 0 Å². The molecule has 3 N–H and O–H groups in total. The minimum Gasteiger partial charge on any atom is -0.480 e. The van der Waals surface area contributed by atoms with Crippen molar-refractivity contribution in [1.29, 1.82) is 0 Å². The minimum absolute atomic E-state index is 0.0968. The first-order valence-electron chi connectivity index (χ1n) is 3.76. The van der Waals surface area contributed by atoms with Crippen LogP contribution in [0.1, 0.15) is 6.92 Å². The average molecular weight is 177 g/mol. The molecule has 2 unspecified atom stereocenters. The highest BCUT2D eigenvalue weighted by Gasteiger charge is 2.22. The molecule has 0 aromatic rings. The number of aliphatic hydroxyl groups is 1. The quantitative estimate of drug-likeness (QED) is 0.488. The Morgan fingerprint density at radius 2 is 2.25 bits per heavy atom. The number of ether oxygens (including phenoxy) is 1. The predicted molar refractivity (Wildman–Crippen MR) is 43.0 cm³/mol. The van der Waals surface area contributed by atoms with Crippen LogP contribution in [-0.2, 0) is 9.53 Å². The molecule has 0 radical (unpaired) electrons. The number of aliphatic carboxylic acids is 1. The topological polar surface area (TPSA) is 78.8 Å². The molecule has 12 heavy (non-hydrogen) atoms. The van der Waals surface area contributed by atoms with Gasteiger partial charge in [0.2, 0.25) is 0 Å². The molecule has 0 heterocycles. The number of likely N-dealkylation sites (N-methyl/N-ethyl adjacent to an activating group) is 1. The molecule has 0 aliphatic rings. The van der Waals surface area contributed by atoms with Crippen LogP contribution in [0.4, 0.5) is 0 Å². The highest BCUT2D eigenvalue weighted by atomic mass is 16.5. The SMILES string of the molecule is CNC(C(=O)O)C(C)OCCO. The van der Waals surface area contributed by atoms with Gasteiger partial charge in [-0.05, 0) is 14.0 Å². The first kappa shape index (κ1) is 11.4. The summed E-state index contributed by atoms with van der Waals surface area (Å²) in [6, 6.07) is -0.725. The number of hydrogen-bond acceptors (Lipinski definition) is 4. The van der Waals surface area contributed by atoms with Crippen LogP contribution in [-0.4, -0.2) is 48.6 Å². The number of carboxylic acids is 1. The maximum atomic E-state index is 10.5. The van der Waals surface area contributed by atoms with Gasteiger partial charge in [-0.3, -0.25) is 4.79 Å². The van der Waals surface area contributed by atoms with E-state index in [9.17, 15) is 4.79 Å². The lowest BCUT2D eigenvalue weighted by Gasteiger charge is -2.19. The summed E-state index contributed by atoms with van der Waals surface area (Å²) in [5.74, 6) is -0.956. The van der Waals surface area contributed by atoms with E-state index in [0.717, 1.165) is 0 Å². The van der Waals surface area contributed by atoms with Crippen molar-refractivity contribution >= 4 is 5.97 Å². The summed E-state index contributed by atoms with van der Waals surface area (Å²) in [6.45, 7) is 1.71. The lowest BCUT2D eigenvalue weighted by molar-refractivity contribution is -0.143. The standard InChI is InChI=1S/C7H15NO4/c1-5(12-4-3-9)6(8-2)7(10)11/h5-6,8-9H,3-4H2,1-2H3,(H,10,11). The van der Waals surface area contributed by atoms with Crippen LogP contribution in [0.5, 0.6) is 0 Å². The summed E-state index contributed by atoms with van der Waals surface area (Å²) >= 11 is 0. The molecule has 72 valence electrons. The molecule has 2 atom stereocenters. The summed E-state index contributed by atoms with van der Waals surface area (Å²) in [6.07, 6.45) is -0.445. The number of rotatable bonds is 6. The summed E-state index contributed by atoms with van der Waals surface area (Å²) < 4.78 is 5.01. The van der Waals surface area contributed by atoms with Crippen molar-refractivity contribution in [3.63, 3.8) is 0 Å². The Morgan fingerprint density at radius 1 is 1.67 bits per heavy atom. The Morgan fingerprint density at radius 3 is 2.58 bits per heavy atom. The summed E-state index contributed by atoms with van der Waals surface area (Å²) in [7, 11) is 1.55. The molecule has 5 heteroatoms. The fraction of sp³-hybridized carbons (Fsp3) is 0.857. The maximum absolute atomic E-state index is 10.5.